The van der Waals surface area contributed by atoms with Crippen molar-refractivity contribution in [2.45, 2.75) is 19.3 Å². The average molecular weight is 107 g/mol. The predicted molar refractivity (Wildman–Crippen MR) is 36.4 cm³/mol. The number of hydrogen-bond donors (Lipinski definition) is 0. The Labute approximate surface area is 50.9 Å². The highest BCUT2D eigenvalue weighted by molar-refractivity contribution is 5.22. The fourth-order valence-electron chi connectivity index (χ4n) is 0.853. The molecule has 0 heterocycles. The first-order valence-electron chi connectivity index (χ1n) is 3.08. The molecule has 0 saturated carbocycles. The van der Waals surface area contributed by atoms with Gasteiger partial charge in [-0.25, -0.2) is 0 Å². The summed E-state index contributed by atoms with van der Waals surface area (Å²) >= 11 is 0. The summed E-state index contributed by atoms with van der Waals surface area (Å²) in [5, 5.41) is 0. The van der Waals surface area contributed by atoms with E-state index in [0.717, 1.165) is 6.42 Å². The summed E-state index contributed by atoms with van der Waals surface area (Å²) in [7, 11) is 0. The molecular formula is C8H11-. The summed E-state index contributed by atoms with van der Waals surface area (Å²) in [5.74, 6) is 0. The zero-order valence-corrected chi connectivity index (χ0v) is 5.06. The van der Waals surface area contributed by atoms with Crippen LogP contribution in [0.25, 0.3) is 0 Å². The smallest absolute Gasteiger partial charge is 0.0311 e. The van der Waals surface area contributed by atoms with E-state index in [2.05, 4.69) is 25.2 Å². The Morgan fingerprint density at radius 1 is 1.50 bits per heavy atom. The monoisotopic (exact) mass is 107 g/mol. The topological polar surface area (TPSA) is 0 Å². The van der Waals surface area contributed by atoms with Gasteiger partial charge >= 0.3 is 0 Å². The van der Waals surface area contributed by atoms with E-state index in [1.165, 1.54) is 18.4 Å². The molecular weight excluding hydrogens is 96.1 g/mol. The Kier molecular flexibility index (Phi) is 1.90. The van der Waals surface area contributed by atoms with Gasteiger partial charge < -0.3 is 6.92 Å². The first-order chi connectivity index (χ1) is 3.93. The molecule has 1 aliphatic carbocycles. The van der Waals surface area contributed by atoms with Crippen LogP contribution < -0.4 is 0 Å². The molecule has 8 heavy (non-hydrogen) atoms. The van der Waals surface area contributed by atoms with Crippen LogP contribution in [0.4, 0.5) is 0 Å². The van der Waals surface area contributed by atoms with E-state index < -0.39 is 0 Å². The molecule has 0 nitrogen and oxygen atoms in total. The molecule has 0 bridgehead atoms. The van der Waals surface area contributed by atoms with Gasteiger partial charge in [0.25, 0.3) is 0 Å². The maximum atomic E-state index is 3.79. The van der Waals surface area contributed by atoms with E-state index in [9.17, 15) is 0 Å². The summed E-state index contributed by atoms with van der Waals surface area (Å²) in [6.07, 6.45) is 9.99. The van der Waals surface area contributed by atoms with Crippen LogP contribution in [0.2, 0.25) is 0 Å². The first kappa shape index (κ1) is 5.61. The van der Waals surface area contributed by atoms with E-state index in [1.54, 1.807) is 0 Å². The number of hydrogen-bond acceptors (Lipinski definition) is 0. The van der Waals surface area contributed by atoms with Crippen molar-refractivity contribution in [2.24, 2.45) is 0 Å². The molecule has 0 unspecified atom stereocenters. The predicted octanol–water partition coefficient (Wildman–Crippen LogP) is 2.49. The van der Waals surface area contributed by atoms with Gasteiger partial charge in [0.05, 0.1) is 0 Å². The lowest BCUT2D eigenvalue weighted by atomic mass is 10.1. The van der Waals surface area contributed by atoms with Crippen molar-refractivity contribution in [1.29, 1.82) is 0 Å². The van der Waals surface area contributed by atoms with E-state index >= 15 is 0 Å². The Morgan fingerprint density at radius 2 is 2.38 bits per heavy atom. The Balaban J connectivity index is 2.51. The van der Waals surface area contributed by atoms with Crippen molar-refractivity contribution in [1.82, 2.24) is 0 Å². The standard InChI is InChI=1S/C8H11/c1-2-8-6-4-3-5-7-8/h4,6-7H,1-3,5H2/q-1. The largest absolute Gasteiger partial charge is 0.339 e. The van der Waals surface area contributed by atoms with Crippen LogP contribution in [0.1, 0.15) is 19.3 Å². The molecule has 0 aromatic heterocycles. The molecule has 0 radical (unpaired) electrons. The normalized spacial score (nSPS) is 18.4. The van der Waals surface area contributed by atoms with Crippen LogP contribution in [0.3, 0.4) is 0 Å². The van der Waals surface area contributed by atoms with Crippen LogP contribution in [0.15, 0.2) is 23.8 Å². The third-order valence-electron chi connectivity index (χ3n) is 1.36. The average Bonchev–Trinajstić information content (AvgIpc) is 1.90. The van der Waals surface area contributed by atoms with Gasteiger partial charge in [-0.2, -0.15) is 6.42 Å². The molecule has 1 rings (SSSR count). The maximum absolute atomic E-state index is 3.79. The number of allylic oxidation sites excluding steroid dienone is 4. The Morgan fingerprint density at radius 3 is 2.75 bits per heavy atom. The van der Waals surface area contributed by atoms with Crippen LogP contribution in [-0.2, 0) is 0 Å². The summed E-state index contributed by atoms with van der Waals surface area (Å²) < 4.78 is 0. The third-order valence-corrected chi connectivity index (χ3v) is 1.36. The van der Waals surface area contributed by atoms with E-state index in [-0.39, 0.29) is 0 Å². The molecule has 0 spiro atoms. The fraction of sp³-hybridized carbons (Fsp3) is 0.375. The molecule has 0 fully saturated rings. The van der Waals surface area contributed by atoms with Crippen molar-refractivity contribution in [3.05, 3.63) is 30.7 Å². The van der Waals surface area contributed by atoms with Gasteiger partial charge in [-0.15, -0.1) is 0 Å². The Hall–Kier alpha value is -0.520. The molecule has 1 aliphatic rings. The van der Waals surface area contributed by atoms with Crippen LogP contribution in [0.5, 0.6) is 0 Å². The summed E-state index contributed by atoms with van der Waals surface area (Å²) in [6, 6.07) is 0. The lowest BCUT2D eigenvalue weighted by molar-refractivity contribution is 1.00. The van der Waals surface area contributed by atoms with Crippen LogP contribution >= 0.6 is 0 Å². The van der Waals surface area contributed by atoms with Crippen molar-refractivity contribution >= 4 is 0 Å². The third kappa shape index (κ3) is 1.22. The SMILES string of the molecule is [CH2-]CC1=CCCC=C1. The number of rotatable bonds is 1. The quantitative estimate of drug-likeness (QED) is 0.451. The zero-order chi connectivity index (χ0) is 5.82. The molecule has 0 aromatic rings. The molecule has 0 saturated heterocycles. The van der Waals surface area contributed by atoms with Gasteiger partial charge in [0.15, 0.2) is 0 Å². The zero-order valence-electron chi connectivity index (χ0n) is 5.06. The lowest BCUT2D eigenvalue weighted by Gasteiger charge is -2.04. The minimum absolute atomic E-state index is 0.941. The summed E-state index contributed by atoms with van der Waals surface area (Å²) in [5.41, 5.74) is 1.39. The summed E-state index contributed by atoms with van der Waals surface area (Å²) in [6.45, 7) is 3.79. The second-order valence-corrected chi connectivity index (χ2v) is 2.01. The molecule has 0 amide bonds. The minimum Gasteiger partial charge on any atom is -0.339 e. The highest BCUT2D eigenvalue weighted by atomic mass is 14.0. The van der Waals surface area contributed by atoms with Gasteiger partial charge in [-0.1, -0.05) is 23.8 Å². The molecule has 0 atom stereocenters. The van der Waals surface area contributed by atoms with Gasteiger partial charge in [0.2, 0.25) is 0 Å². The van der Waals surface area contributed by atoms with Crippen molar-refractivity contribution < 1.29 is 0 Å². The minimum atomic E-state index is 0.941. The Bertz CT molecular complexity index is 118. The van der Waals surface area contributed by atoms with Gasteiger partial charge in [-0.3, -0.25) is 0 Å². The van der Waals surface area contributed by atoms with Crippen molar-refractivity contribution in [3.63, 3.8) is 0 Å². The van der Waals surface area contributed by atoms with Crippen molar-refractivity contribution in [2.75, 3.05) is 0 Å². The summed E-state index contributed by atoms with van der Waals surface area (Å²) in [4.78, 5) is 0. The maximum Gasteiger partial charge on any atom is -0.0311 e. The second-order valence-electron chi connectivity index (χ2n) is 2.01. The van der Waals surface area contributed by atoms with E-state index in [4.69, 9.17) is 0 Å². The van der Waals surface area contributed by atoms with Crippen molar-refractivity contribution in [3.8, 4) is 0 Å². The molecule has 0 N–H and O–H groups in total. The van der Waals surface area contributed by atoms with Gasteiger partial charge in [0.1, 0.15) is 0 Å². The highest BCUT2D eigenvalue weighted by Crippen LogP contribution is 2.11. The van der Waals surface area contributed by atoms with Gasteiger partial charge in [-0.05, 0) is 12.8 Å². The molecule has 0 heteroatoms. The van der Waals surface area contributed by atoms with E-state index in [0.29, 0.717) is 0 Å². The molecule has 0 aliphatic heterocycles. The lowest BCUT2D eigenvalue weighted by Crippen LogP contribution is -1.80. The highest BCUT2D eigenvalue weighted by Gasteiger charge is 1.88. The molecule has 0 aromatic carbocycles. The fourth-order valence-corrected chi connectivity index (χ4v) is 0.853. The van der Waals surface area contributed by atoms with Gasteiger partial charge in [0, 0.05) is 0 Å². The molecule has 44 valence electrons. The van der Waals surface area contributed by atoms with Crippen LogP contribution in [0, 0.1) is 6.92 Å². The first-order valence-corrected chi connectivity index (χ1v) is 3.08. The van der Waals surface area contributed by atoms with E-state index in [1.807, 2.05) is 0 Å². The second kappa shape index (κ2) is 2.71. The van der Waals surface area contributed by atoms with Crippen LogP contribution in [-0.4, -0.2) is 0 Å².